The van der Waals surface area contributed by atoms with Crippen LogP contribution in [0.15, 0.2) is 0 Å². The zero-order valence-corrected chi connectivity index (χ0v) is 8.02. The van der Waals surface area contributed by atoms with E-state index in [1.165, 1.54) is 0 Å². The minimum Gasteiger partial charge on any atom is -0.147 e. The van der Waals surface area contributed by atoms with Crippen molar-refractivity contribution in [1.82, 2.24) is 0 Å². The molecule has 0 aliphatic rings. The van der Waals surface area contributed by atoms with Crippen molar-refractivity contribution in [3.8, 4) is 0 Å². The lowest BCUT2D eigenvalue weighted by molar-refractivity contribution is 1.84. The van der Waals surface area contributed by atoms with Gasteiger partial charge in [-0.25, -0.2) is 0 Å². The number of rotatable bonds is 3. The SMILES string of the molecule is C[Si](Cl)(Cl)CBCCl. The van der Waals surface area contributed by atoms with E-state index >= 15 is 0 Å². The van der Waals surface area contributed by atoms with Crippen LogP contribution in [-0.2, 0) is 0 Å². The first-order chi connectivity index (χ1) is 3.56. The number of hydrogen-bond acceptors (Lipinski definition) is 0. The van der Waals surface area contributed by atoms with Crippen molar-refractivity contribution in [1.29, 1.82) is 0 Å². The van der Waals surface area contributed by atoms with Gasteiger partial charge in [0.1, 0.15) is 7.28 Å². The third-order valence-electron chi connectivity index (χ3n) is 0.749. The summed E-state index contributed by atoms with van der Waals surface area (Å²) in [5.74, 6) is 1.57. The van der Waals surface area contributed by atoms with Crippen molar-refractivity contribution in [3.63, 3.8) is 0 Å². The van der Waals surface area contributed by atoms with Crippen LogP contribution in [-0.4, -0.2) is 19.8 Å². The van der Waals surface area contributed by atoms with E-state index in [4.69, 9.17) is 33.8 Å². The quantitative estimate of drug-likeness (QED) is 0.362. The lowest BCUT2D eigenvalue weighted by Gasteiger charge is -2.05. The third-order valence-corrected chi connectivity index (χ3v) is 3.38. The molecule has 0 aromatic rings. The summed E-state index contributed by atoms with van der Waals surface area (Å²) in [5.41, 5.74) is 0. The molecule has 0 atom stereocenters. The monoisotopic (exact) mass is 188 g/mol. The largest absolute Gasteiger partial charge is 0.241 e. The highest BCUT2D eigenvalue weighted by Crippen LogP contribution is 2.17. The maximum Gasteiger partial charge on any atom is 0.241 e. The molecule has 5 heteroatoms. The summed E-state index contributed by atoms with van der Waals surface area (Å²) in [6, 6.07) is 0. The van der Waals surface area contributed by atoms with Gasteiger partial charge in [0.05, 0.1) is 0 Å². The molecular weight excluding hydrogens is 181 g/mol. The molecule has 0 amide bonds. The molecule has 0 N–H and O–H groups in total. The fraction of sp³-hybridized carbons (Fsp3) is 1.00. The van der Waals surface area contributed by atoms with Gasteiger partial charge in [0.25, 0.3) is 0 Å². The first-order valence-electron chi connectivity index (χ1n) is 2.50. The predicted octanol–water partition coefficient (Wildman–Crippen LogP) is 2.13. The first-order valence-corrected chi connectivity index (χ1v) is 7.76. The molecule has 0 radical (unpaired) electrons. The van der Waals surface area contributed by atoms with Crippen LogP contribution in [0.3, 0.4) is 0 Å². The lowest BCUT2D eigenvalue weighted by Crippen LogP contribution is -2.16. The second-order valence-electron chi connectivity index (χ2n) is 1.86. The lowest BCUT2D eigenvalue weighted by atomic mass is 9.86. The molecule has 8 heavy (non-hydrogen) atoms. The van der Waals surface area contributed by atoms with Crippen molar-refractivity contribution < 1.29 is 0 Å². The first kappa shape index (κ1) is 9.15. The molecule has 0 aliphatic carbocycles. The molecule has 0 heterocycles. The van der Waals surface area contributed by atoms with E-state index in [0.717, 1.165) is 13.2 Å². The summed E-state index contributed by atoms with van der Waals surface area (Å²) in [4.78, 5) is 0. The van der Waals surface area contributed by atoms with Gasteiger partial charge in [0.2, 0.25) is 6.69 Å². The zero-order chi connectivity index (χ0) is 6.62. The van der Waals surface area contributed by atoms with Crippen molar-refractivity contribution in [2.45, 2.75) is 12.5 Å². The molecule has 0 nitrogen and oxygen atoms in total. The molecule has 0 spiro atoms. The highest BCUT2D eigenvalue weighted by Gasteiger charge is 2.19. The molecule has 48 valence electrons. The molecule has 0 saturated carbocycles. The molecule has 0 unspecified atom stereocenters. The summed E-state index contributed by atoms with van der Waals surface area (Å²) in [7, 11) is 0.942. The summed E-state index contributed by atoms with van der Waals surface area (Å²) in [6.07, 6.45) is 0. The van der Waals surface area contributed by atoms with Gasteiger partial charge in [-0.1, -0.05) is 5.94 Å². The van der Waals surface area contributed by atoms with Crippen LogP contribution in [0, 0.1) is 0 Å². The molecule has 0 aromatic heterocycles. The Morgan fingerprint density at radius 2 is 2.00 bits per heavy atom. The Bertz CT molecular complexity index is 62.0. The van der Waals surface area contributed by atoms with E-state index in [0.29, 0.717) is 5.78 Å². The van der Waals surface area contributed by atoms with Crippen LogP contribution in [0.5, 0.6) is 0 Å². The van der Waals surface area contributed by atoms with Crippen LogP contribution in [0.25, 0.3) is 0 Å². The topological polar surface area (TPSA) is 0 Å². The third kappa shape index (κ3) is 7.15. The highest BCUT2D eigenvalue weighted by molar-refractivity contribution is 7.46. The second kappa shape index (κ2) is 4.05. The smallest absolute Gasteiger partial charge is 0.147 e. The average molecular weight is 189 g/mol. The van der Waals surface area contributed by atoms with Crippen LogP contribution < -0.4 is 0 Å². The Morgan fingerprint density at radius 3 is 2.12 bits per heavy atom. The van der Waals surface area contributed by atoms with Crippen LogP contribution in [0.2, 0.25) is 12.5 Å². The maximum absolute atomic E-state index is 5.76. The minimum atomic E-state index is -1.82. The van der Waals surface area contributed by atoms with E-state index in [2.05, 4.69) is 0 Å². The number of halogens is 3. The molecule has 0 aromatic carbocycles. The summed E-state index contributed by atoms with van der Waals surface area (Å²) in [6.45, 7) is 0.0872. The van der Waals surface area contributed by atoms with Gasteiger partial charge in [-0.05, 0) is 12.3 Å². The molecular formula is C3H8BCl3Si. The van der Waals surface area contributed by atoms with Gasteiger partial charge in [-0.2, -0.15) is 0 Å². The van der Waals surface area contributed by atoms with Crippen molar-refractivity contribution in [2.75, 3.05) is 5.78 Å². The van der Waals surface area contributed by atoms with Gasteiger partial charge in [0.15, 0.2) is 0 Å². The van der Waals surface area contributed by atoms with Crippen LogP contribution in [0.1, 0.15) is 0 Å². The Balaban J connectivity index is 3.11. The molecule has 0 fully saturated rings. The average Bonchev–Trinajstić information content (AvgIpc) is 1.59. The fourth-order valence-electron chi connectivity index (χ4n) is 0.377. The number of alkyl halides is 1. The molecule has 0 bridgehead atoms. The normalized spacial score (nSPS) is 11.5. The zero-order valence-electron chi connectivity index (χ0n) is 4.76. The van der Waals surface area contributed by atoms with Crippen molar-refractivity contribution in [2.24, 2.45) is 0 Å². The molecule has 0 saturated heterocycles. The number of hydrogen-bond donors (Lipinski definition) is 0. The minimum absolute atomic E-state index is 0.669. The Labute approximate surface area is 66.2 Å². The van der Waals surface area contributed by atoms with E-state index in [9.17, 15) is 0 Å². The van der Waals surface area contributed by atoms with Gasteiger partial charge < -0.3 is 0 Å². The van der Waals surface area contributed by atoms with Crippen molar-refractivity contribution in [3.05, 3.63) is 0 Å². The van der Waals surface area contributed by atoms with E-state index in [1.807, 2.05) is 6.55 Å². The summed E-state index contributed by atoms with van der Waals surface area (Å²) in [5, 5.41) is 0. The predicted molar refractivity (Wildman–Crippen MR) is 46.0 cm³/mol. The van der Waals surface area contributed by atoms with Gasteiger partial charge in [0, 0.05) is 0 Å². The van der Waals surface area contributed by atoms with E-state index < -0.39 is 6.69 Å². The molecule has 0 aliphatic heterocycles. The van der Waals surface area contributed by atoms with Gasteiger partial charge >= 0.3 is 0 Å². The van der Waals surface area contributed by atoms with Crippen LogP contribution in [0.4, 0.5) is 0 Å². The maximum atomic E-state index is 5.76. The van der Waals surface area contributed by atoms with E-state index in [1.54, 1.807) is 0 Å². The van der Waals surface area contributed by atoms with Gasteiger partial charge in [-0.3, -0.25) is 0 Å². The Kier molecular flexibility index (Phi) is 4.63. The Hall–Kier alpha value is 1.15. The highest BCUT2D eigenvalue weighted by atomic mass is 35.7. The standard InChI is InChI=1S/C3H8BCl3Si/c1-8(6,7)3-4-2-5/h4H,2-3H2,1H3. The second-order valence-corrected chi connectivity index (χ2v) is 10.5. The van der Waals surface area contributed by atoms with E-state index in [-0.39, 0.29) is 0 Å². The van der Waals surface area contributed by atoms with Gasteiger partial charge in [-0.15, -0.1) is 33.8 Å². The van der Waals surface area contributed by atoms with Crippen LogP contribution >= 0.6 is 33.8 Å². The Morgan fingerprint density at radius 1 is 1.50 bits per heavy atom. The fourth-order valence-corrected chi connectivity index (χ4v) is 2.33. The summed E-state index contributed by atoms with van der Waals surface area (Å²) >= 11 is 16.9. The summed E-state index contributed by atoms with van der Waals surface area (Å²) < 4.78 is 0. The molecule has 0 rings (SSSR count). The van der Waals surface area contributed by atoms with Crippen molar-refractivity contribution >= 4 is 47.7 Å².